The van der Waals surface area contributed by atoms with Crippen molar-refractivity contribution in [1.29, 1.82) is 0 Å². The van der Waals surface area contributed by atoms with Crippen molar-refractivity contribution >= 4 is 11.6 Å². The van der Waals surface area contributed by atoms with Gasteiger partial charge in [0, 0.05) is 38.4 Å². The van der Waals surface area contributed by atoms with E-state index in [0.29, 0.717) is 19.0 Å². The van der Waals surface area contributed by atoms with Gasteiger partial charge in [0.15, 0.2) is 11.6 Å². The van der Waals surface area contributed by atoms with Gasteiger partial charge in [0.05, 0.1) is 22.5 Å². The van der Waals surface area contributed by atoms with Crippen molar-refractivity contribution in [1.82, 2.24) is 24.6 Å². The SMILES string of the molecule is Cn1cc(-c2ccc(CN3Cc4ncnc(Oc5c(F)cccc5Cl)c4C3)cc2)cn1. The molecule has 0 saturated carbocycles. The van der Waals surface area contributed by atoms with Gasteiger partial charge in [-0.15, -0.1) is 0 Å². The minimum Gasteiger partial charge on any atom is -0.434 e. The Hall–Kier alpha value is -3.29. The van der Waals surface area contributed by atoms with E-state index >= 15 is 0 Å². The Balaban J connectivity index is 1.31. The summed E-state index contributed by atoms with van der Waals surface area (Å²) in [5, 5.41) is 4.43. The van der Waals surface area contributed by atoms with Crippen molar-refractivity contribution in [2.75, 3.05) is 0 Å². The zero-order valence-corrected chi connectivity index (χ0v) is 17.6. The Bertz CT molecular complexity index is 1220. The summed E-state index contributed by atoms with van der Waals surface area (Å²) in [6.45, 7) is 2.04. The highest BCUT2D eigenvalue weighted by Gasteiger charge is 2.26. The van der Waals surface area contributed by atoms with Gasteiger partial charge < -0.3 is 4.74 Å². The maximum atomic E-state index is 14.1. The summed E-state index contributed by atoms with van der Waals surface area (Å²) in [6.07, 6.45) is 5.29. The highest BCUT2D eigenvalue weighted by atomic mass is 35.5. The van der Waals surface area contributed by atoms with Crippen LogP contribution in [0.2, 0.25) is 5.02 Å². The van der Waals surface area contributed by atoms with Gasteiger partial charge in [-0.3, -0.25) is 9.58 Å². The molecule has 0 atom stereocenters. The molecule has 0 spiro atoms. The third-order valence-corrected chi connectivity index (χ3v) is 5.56. The first kappa shape index (κ1) is 19.7. The Morgan fingerprint density at radius 2 is 1.90 bits per heavy atom. The van der Waals surface area contributed by atoms with Gasteiger partial charge >= 0.3 is 0 Å². The molecule has 8 heteroatoms. The molecule has 1 aliphatic rings. The molecule has 0 amide bonds. The first-order valence-electron chi connectivity index (χ1n) is 9.82. The van der Waals surface area contributed by atoms with Crippen LogP contribution in [0.25, 0.3) is 11.1 Å². The van der Waals surface area contributed by atoms with E-state index in [0.717, 1.165) is 28.9 Å². The van der Waals surface area contributed by atoms with Gasteiger partial charge in [0.25, 0.3) is 0 Å². The minimum atomic E-state index is -0.525. The van der Waals surface area contributed by atoms with Crippen molar-refractivity contribution in [3.05, 3.63) is 88.8 Å². The number of hydrogen-bond acceptors (Lipinski definition) is 5. The van der Waals surface area contributed by atoms with Crippen LogP contribution in [-0.4, -0.2) is 24.6 Å². The lowest BCUT2D eigenvalue weighted by molar-refractivity contribution is 0.272. The number of aromatic nitrogens is 4. The topological polar surface area (TPSA) is 56.1 Å². The maximum absolute atomic E-state index is 14.1. The van der Waals surface area contributed by atoms with Crippen molar-refractivity contribution in [2.45, 2.75) is 19.6 Å². The summed E-state index contributed by atoms with van der Waals surface area (Å²) in [5.41, 5.74) is 5.14. The Labute approximate surface area is 183 Å². The fraction of sp³-hybridized carbons (Fsp3) is 0.174. The van der Waals surface area contributed by atoms with Crippen LogP contribution in [0.3, 0.4) is 0 Å². The second-order valence-corrected chi connectivity index (χ2v) is 7.91. The molecule has 0 N–H and O–H groups in total. The molecule has 2 aromatic heterocycles. The summed E-state index contributed by atoms with van der Waals surface area (Å²) in [7, 11) is 1.91. The van der Waals surface area contributed by atoms with Crippen LogP contribution in [0.1, 0.15) is 16.8 Å². The number of rotatable bonds is 5. The largest absolute Gasteiger partial charge is 0.434 e. The number of nitrogens with zero attached hydrogens (tertiary/aromatic N) is 5. The molecular weight excluding hydrogens is 417 g/mol. The van der Waals surface area contributed by atoms with E-state index in [1.165, 1.54) is 24.0 Å². The molecule has 0 bridgehead atoms. The van der Waals surface area contributed by atoms with Gasteiger partial charge in [-0.2, -0.15) is 5.10 Å². The van der Waals surface area contributed by atoms with E-state index in [-0.39, 0.29) is 10.8 Å². The summed E-state index contributed by atoms with van der Waals surface area (Å²) in [4.78, 5) is 10.9. The van der Waals surface area contributed by atoms with E-state index in [2.05, 4.69) is 44.2 Å². The molecule has 0 unspecified atom stereocenters. The predicted octanol–water partition coefficient (Wildman–Crippen LogP) is 4.98. The smallest absolute Gasteiger partial charge is 0.227 e. The second kappa shape index (κ2) is 8.09. The molecule has 0 saturated heterocycles. The molecule has 6 nitrogen and oxygen atoms in total. The second-order valence-electron chi connectivity index (χ2n) is 7.50. The molecular formula is C23H19ClFN5O. The first-order valence-corrected chi connectivity index (χ1v) is 10.2. The van der Waals surface area contributed by atoms with E-state index in [1.54, 1.807) is 10.7 Å². The predicted molar refractivity (Wildman–Crippen MR) is 115 cm³/mol. The number of halogens is 2. The van der Waals surface area contributed by atoms with Crippen LogP contribution in [0.4, 0.5) is 4.39 Å². The third-order valence-electron chi connectivity index (χ3n) is 5.27. The summed E-state index contributed by atoms with van der Waals surface area (Å²) < 4.78 is 21.7. The van der Waals surface area contributed by atoms with Crippen molar-refractivity contribution in [3.8, 4) is 22.8 Å². The molecule has 4 aromatic rings. The van der Waals surface area contributed by atoms with Gasteiger partial charge in [-0.1, -0.05) is 41.9 Å². The zero-order valence-electron chi connectivity index (χ0n) is 16.8. The lowest BCUT2D eigenvalue weighted by Crippen LogP contribution is -2.15. The Morgan fingerprint density at radius 1 is 1.06 bits per heavy atom. The lowest BCUT2D eigenvalue weighted by atomic mass is 10.1. The number of aryl methyl sites for hydroxylation is 1. The van der Waals surface area contributed by atoms with E-state index < -0.39 is 5.82 Å². The normalized spacial score (nSPS) is 13.4. The average molecular weight is 436 g/mol. The summed E-state index contributed by atoms with van der Waals surface area (Å²) in [6, 6.07) is 12.9. The zero-order chi connectivity index (χ0) is 21.4. The van der Waals surface area contributed by atoms with Gasteiger partial charge in [0.2, 0.25) is 5.88 Å². The molecule has 31 heavy (non-hydrogen) atoms. The van der Waals surface area contributed by atoms with Gasteiger partial charge in [0.1, 0.15) is 6.33 Å². The molecule has 0 aliphatic carbocycles. The Kier molecular flexibility index (Phi) is 5.13. The van der Waals surface area contributed by atoms with Gasteiger partial charge in [-0.05, 0) is 23.3 Å². The number of hydrogen-bond donors (Lipinski definition) is 0. The van der Waals surface area contributed by atoms with E-state index in [1.807, 2.05) is 19.4 Å². The molecule has 3 heterocycles. The van der Waals surface area contributed by atoms with Crippen LogP contribution in [0.15, 0.2) is 61.2 Å². The van der Waals surface area contributed by atoms with E-state index in [4.69, 9.17) is 16.3 Å². The molecule has 156 valence electrons. The fourth-order valence-electron chi connectivity index (χ4n) is 3.72. The van der Waals surface area contributed by atoms with Crippen LogP contribution >= 0.6 is 11.6 Å². The summed E-state index contributed by atoms with van der Waals surface area (Å²) >= 11 is 6.10. The molecule has 0 fully saturated rings. The summed E-state index contributed by atoms with van der Waals surface area (Å²) in [5.74, 6) is -0.204. The van der Waals surface area contributed by atoms with Crippen LogP contribution in [0.5, 0.6) is 11.6 Å². The van der Waals surface area contributed by atoms with Gasteiger partial charge in [-0.25, -0.2) is 14.4 Å². The number of fused-ring (bicyclic) bond motifs is 1. The van der Waals surface area contributed by atoms with E-state index in [9.17, 15) is 4.39 Å². The number of benzene rings is 2. The molecule has 5 rings (SSSR count). The van der Waals surface area contributed by atoms with Crippen LogP contribution in [-0.2, 0) is 26.7 Å². The first-order chi connectivity index (χ1) is 15.1. The highest BCUT2D eigenvalue weighted by molar-refractivity contribution is 6.32. The number of ether oxygens (including phenoxy) is 1. The quantitative estimate of drug-likeness (QED) is 0.442. The van der Waals surface area contributed by atoms with Crippen molar-refractivity contribution in [3.63, 3.8) is 0 Å². The van der Waals surface area contributed by atoms with Crippen LogP contribution in [0, 0.1) is 5.82 Å². The molecule has 0 radical (unpaired) electrons. The minimum absolute atomic E-state index is 0.0190. The maximum Gasteiger partial charge on any atom is 0.227 e. The Morgan fingerprint density at radius 3 is 2.65 bits per heavy atom. The highest BCUT2D eigenvalue weighted by Crippen LogP contribution is 2.35. The average Bonchev–Trinajstić information content (AvgIpc) is 3.37. The van der Waals surface area contributed by atoms with Crippen LogP contribution < -0.4 is 4.74 Å². The molecule has 2 aromatic carbocycles. The molecule has 1 aliphatic heterocycles. The van der Waals surface area contributed by atoms with Crippen molar-refractivity contribution in [2.24, 2.45) is 7.05 Å². The van der Waals surface area contributed by atoms with Crippen molar-refractivity contribution < 1.29 is 9.13 Å². The standard InChI is InChI=1S/C23H19ClFN5O/c1-29-11-17(9-28-29)16-7-5-15(6-8-16)10-30-12-18-21(13-30)26-14-27-23(18)31-22-19(24)3-2-4-20(22)25/h2-9,11,14H,10,12-13H2,1H3. The lowest BCUT2D eigenvalue weighted by Gasteiger charge is -2.15. The number of para-hydroxylation sites is 1. The fourth-order valence-corrected chi connectivity index (χ4v) is 3.93. The monoisotopic (exact) mass is 435 g/mol. The third kappa shape index (κ3) is 4.02.